The van der Waals surface area contributed by atoms with Gasteiger partial charge in [-0.05, 0) is 45.1 Å². The van der Waals surface area contributed by atoms with Crippen LogP contribution in [0, 0.1) is 0 Å². The number of likely N-dealkylation sites (N-methyl/N-ethyl adjacent to an activating group) is 2. The van der Waals surface area contributed by atoms with Gasteiger partial charge in [0.25, 0.3) is 0 Å². The zero-order valence-electron chi connectivity index (χ0n) is 20.2. The molecule has 1 fully saturated rings. The molecule has 176 valence electrons. The van der Waals surface area contributed by atoms with E-state index in [9.17, 15) is 0 Å². The first-order valence-corrected chi connectivity index (χ1v) is 11.7. The van der Waals surface area contributed by atoms with E-state index in [2.05, 4.69) is 65.5 Å². The number of aromatic nitrogens is 4. The molecule has 0 spiro atoms. The summed E-state index contributed by atoms with van der Waals surface area (Å²) in [4.78, 5) is 13.6. The molecule has 2 heterocycles. The number of benzene rings is 2. The van der Waals surface area contributed by atoms with Crippen molar-refractivity contribution in [2.75, 3.05) is 51.6 Å². The smallest absolute Gasteiger partial charge is 0.229 e. The Kier molecular flexibility index (Phi) is 6.06. The molecule has 4 aromatic rings. The highest BCUT2D eigenvalue weighted by Crippen LogP contribution is 2.42. The molecule has 1 aliphatic carbocycles. The normalized spacial score (nSPS) is 13.4. The number of ether oxygens (including phenoxy) is 1. The summed E-state index contributed by atoms with van der Waals surface area (Å²) in [5.41, 5.74) is 4.14. The predicted octanol–water partition coefficient (Wildman–Crippen LogP) is 4.44. The Morgan fingerprint density at radius 2 is 1.88 bits per heavy atom. The van der Waals surface area contributed by atoms with Gasteiger partial charge in [0.2, 0.25) is 5.95 Å². The van der Waals surface area contributed by atoms with E-state index >= 15 is 0 Å². The molecule has 5 rings (SSSR count). The van der Waals surface area contributed by atoms with E-state index in [0.717, 1.165) is 41.5 Å². The third-order valence-corrected chi connectivity index (χ3v) is 6.19. The molecular formula is C26H31N7O. The topological polar surface area (TPSA) is 71.3 Å². The van der Waals surface area contributed by atoms with Crippen LogP contribution in [0.15, 0.2) is 54.7 Å². The lowest BCUT2D eigenvalue weighted by molar-refractivity contribution is 0.413. The number of hydrogen-bond donors (Lipinski definition) is 1. The molecule has 0 saturated heterocycles. The Morgan fingerprint density at radius 1 is 1.06 bits per heavy atom. The van der Waals surface area contributed by atoms with Crippen molar-refractivity contribution in [1.29, 1.82) is 0 Å². The van der Waals surface area contributed by atoms with E-state index in [4.69, 9.17) is 14.8 Å². The molecule has 0 radical (unpaired) electrons. The van der Waals surface area contributed by atoms with Crippen molar-refractivity contribution >= 4 is 28.2 Å². The maximum Gasteiger partial charge on any atom is 0.229 e. The molecule has 1 aliphatic rings. The number of anilines is 3. The van der Waals surface area contributed by atoms with Gasteiger partial charge < -0.3 is 19.9 Å². The molecule has 2 aromatic carbocycles. The van der Waals surface area contributed by atoms with E-state index in [1.165, 1.54) is 23.9 Å². The van der Waals surface area contributed by atoms with Crippen LogP contribution in [0.5, 0.6) is 5.75 Å². The summed E-state index contributed by atoms with van der Waals surface area (Å²) < 4.78 is 7.60. The molecular weight excluding hydrogens is 426 g/mol. The van der Waals surface area contributed by atoms with E-state index in [0.29, 0.717) is 11.9 Å². The monoisotopic (exact) mass is 457 g/mol. The predicted molar refractivity (Wildman–Crippen MR) is 137 cm³/mol. The lowest BCUT2D eigenvalue weighted by atomic mass is 10.1. The van der Waals surface area contributed by atoms with Crippen molar-refractivity contribution in [3.8, 4) is 11.6 Å². The Morgan fingerprint density at radius 3 is 2.65 bits per heavy atom. The maximum atomic E-state index is 5.67. The Hall–Kier alpha value is -3.65. The number of fused-ring (bicyclic) bond motifs is 1. The van der Waals surface area contributed by atoms with Crippen molar-refractivity contribution in [3.63, 3.8) is 0 Å². The third-order valence-electron chi connectivity index (χ3n) is 6.19. The highest BCUT2D eigenvalue weighted by Gasteiger charge is 2.29. The van der Waals surface area contributed by atoms with Gasteiger partial charge in [0.15, 0.2) is 5.82 Å². The molecule has 0 unspecified atom stereocenters. The van der Waals surface area contributed by atoms with Crippen LogP contribution in [-0.4, -0.2) is 66.0 Å². The average molecular weight is 458 g/mol. The zero-order chi connectivity index (χ0) is 23.7. The SMILES string of the molecule is COc1cc(N(C)CCN(C)C)ccc1Nc1nccc(-n2nc(C3CC3)c3ccccc32)n1. The lowest BCUT2D eigenvalue weighted by Gasteiger charge is -2.22. The van der Waals surface area contributed by atoms with Gasteiger partial charge >= 0.3 is 0 Å². The summed E-state index contributed by atoms with van der Waals surface area (Å²) in [5.74, 6) is 2.53. The molecule has 0 amide bonds. The molecule has 8 heteroatoms. The van der Waals surface area contributed by atoms with Gasteiger partial charge in [-0.15, -0.1) is 0 Å². The van der Waals surface area contributed by atoms with Crippen LogP contribution in [0.1, 0.15) is 24.5 Å². The van der Waals surface area contributed by atoms with Crippen LogP contribution in [0.2, 0.25) is 0 Å². The first-order valence-electron chi connectivity index (χ1n) is 11.7. The molecule has 0 aliphatic heterocycles. The minimum atomic E-state index is 0.497. The number of rotatable bonds is 9. The van der Waals surface area contributed by atoms with Crippen LogP contribution in [0.25, 0.3) is 16.7 Å². The minimum absolute atomic E-state index is 0.497. The van der Waals surface area contributed by atoms with Gasteiger partial charge in [-0.3, -0.25) is 0 Å². The number of para-hydroxylation sites is 1. The molecule has 1 N–H and O–H groups in total. The number of methoxy groups -OCH3 is 1. The number of nitrogens with zero attached hydrogens (tertiary/aromatic N) is 6. The summed E-state index contributed by atoms with van der Waals surface area (Å²) in [7, 11) is 7.92. The Balaban J connectivity index is 1.41. The van der Waals surface area contributed by atoms with Crippen LogP contribution in [0.4, 0.5) is 17.3 Å². The standard InChI is InChI=1S/C26H31N7O/c1-31(2)15-16-32(3)19-11-12-21(23(17-19)34-4)28-26-27-14-13-24(29-26)33-22-8-6-5-7-20(22)25(30-33)18-9-10-18/h5-8,11-14,17-18H,9-10,15-16H2,1-4H3,(H,27,28,29). The third kappa shape index (κ3) is 4.54. The highest BCUT2D eigenvalue weighted by molar-refractivity contribution is 5.84. The summed E-state index contributed by atoms with van der Waals surface area (Å²) in [6.45, 7) is 1.90. The summed E-state index contributed by atoms with van der Waals surface area (Å²) in [6.07, 6.45) is 4.17. The quantitative estimate of drug-likeness (QED) is 0.398. The molecule has 8 nitrogen and oxygen atoms in total. The van der Waals surface area contributed by atoms with Crippen LogP contribution >= 0.6 is 0 Å². The zero-order valence-corrected chi connectivity index (χ0v) is 20.2. The fourth-order valence-electron chi connectivity index (χ4n) is 4.07. The summed E-state index contributed by atoms with van der Waals surface area (Å²) in [6, 6.07) is 16.4. The first kappa shape index (κ1) is 22.2. The second kappa shape index (κ2) is 9.30. The molecule has 34 heavy (non-hydrogen) atoms. The van der Waals surface area contributed by atoms with Crippen molar-refractivity contribution < 1.29 is 4.74 Å². The minimum Gasteiger partial charge on any atom is -0.494 e. The van der Waals surface area contributed by atoms with Gasteiger partial charge in [0.1, 0.15) is 5.75 Å². The average Bonchev–Trinajstić information content (AvgIpc) is 3.63. The van der Waals surface area contributed by atoms with Crippen molar-refractivity contribution in [1.82, 2.24) is 24.6 Å². The van der Waals surface area contributed by atoms with E-state index in [1.807, 2.05) is 28.9 Å². The fourth-order valence-corrected chi connectivity index (χ4v) is 4.07. The van der Waals surface area contributed by atoms with Crippen LogP contribution in [0.3, 0.4) is 0 Å². The van der Waals surface area contributed by atoms with Gasteiger partial charge in [-0.2, -0.15) is 10.1 Å². The molecule has 0 atom stereocenters. The van der Waals surface area contributed by atoms with Gasteiger partial charge in [-0.25, -0.2) is 9.67 Å². The Bertz CT molecular complexity index is 1300. The second-order valence-electron chi connectivity index (χ2n) is 9.06. The van der Waals surface area contributed by atoms with Gasteiger partial charge in [0, 0.05) is 55.5 Å². The van der Waals surface area contributed by atoms with Gasteiger partial charge in [0.05, 0.1) is 24.0 Å². The van der Waals surface area contributed by atoms with Crippen molar-refractivity contribution in [2.45, 2.75) is 18.8 Å². The molecule has 0 bridgehead atoms. The Labute approximate surface area is 200 Å². The fraction of sp³-hybridized carbons (Fsp3) is 0.346. The maximum absolute atomic E-state index is 5.67. The van der Waals surface area contributed by atoms with E-state index in [1.54, 1.807) is 13.3 Å². The largest absolute Gasteiger partial charge is 0.494 e. The van der Waals surface area contributed by atoms with Crippen molar-refractivity contribution in [3.05, 3.63) is 60.4 Å². The number of hydrogen-bond acceptors (Lipinski definition) is 7. The second-order valence-corrected chi connectivity index (χ2v) is 9.06. The summed E-state index contributed by atoms with van der Waals surface area (Å²) in [5, 5.41) is 9.46. The van der Waals surface area contributed by atoms with E-state index in [-0.39, 0.29) is 0 Å². The molecule has 1 saturated carbocycles. The van der Waals surface area contributed by atoms with Gasteiger partial charge in [-0.1, -0.05) is 18.2 Å². The molecule has 2 aromatic heterocycles. The van der Waals surface area contributed by atoms with E-state index < -0.39 is 0 Å². The van der Waals surface area contributed by atoms with Crippen molar-refractivity contribution in [2.24, 2.45) is 0 Å². The lowest BCUT2D eigenvalue weighted by Crippen LogP contribution is -2.28. The highest BCUT2D eigenvalue weighted by atomic mass is 16.5. The summed E-state index contributed by atoms with van der Waals surface area (Å²) >= 11 is 0. The first-order chi connectivity index (χ1) is 16.5. The number of nitrogens with one attached hydrogen (secondary N) is 1. The van der Waals surface area contributed by atoms with Crippen LogP contribution < -0.4 is 15.0 Å². The van der Waals surface area contributed by atoms with Crippen LogP contribution in [-0.2, 0) is 0 Å².